The minimum absolute atomic E-state index is 0.214. The molecule has 0 heterocycles. The zero-order valence-electron chi connectivity index (χ0n) is 15.8. The van der Waals surface area contributed by atoms with Crippen molar-refractivity contribution in [3.63, 3.8) is 0 Å². The summed E-state index contributed by atoms with van der Waals surface area (Å²) < 4.78 is 10.8. The smallest absolute Gasteiger partial charge is 0.328 e. The first-order chi connectivity index (χ1) is 12.4. The average Bonchev–Trinajstić information content (AvgIpc) is 2.58. The number of carbonyl (C=O) groups excluding carboxylic acids is 2. The van der Waals surface area contributed by atoms with Gasteiger partial charge in [0.1, 0.15) is 5.75 Å². The maximum absolute atomic E-state index is 12.7. The van der Waals surface area contributed by atoms with E-state index in [1.54, 1.807) is 19.9 Å². The third-order valence-electron chi connectivity index (χ3n) is 4.52. The van der Waals surface area contributed by atoms with E-state index in [-0.39, 0.29) is 5.75 Å². The fourth-order valence-electron chi connectivity index (χ4n) is 2.71. The molecule has 0 spiro atoms. The van der Waals surface area contributed by atoms with Gasteiger partial charge in [0.05, 0.1) is 6.61 Å². The number of ether oxygens (including phenoxy) is 2. The largest absolute Gasteiger partial charge is 0.465 e. The Labute approximate surface area is 166 Å². The zero-order valence-corrected chi connectivity index (χ0v) is 17.3. The van der Waals surface area contributed by atoms with Crippen LogP contribution in [0.3, 0.4) is 0 Å². The first-order valence-corrected chi connectivity index (χ1v) is 10.0. The molecule has 0 saturated heterocycles. The Hall–Kier alpha value is -1.26. The molecule has 26 heavy (non-hydrogen) atoms. The van der Waals surface area contributed by atoms with Crippen molar-refractivity contribution < 1.29 is 19.1 Å². The Bertz CT molecular complexity index is 577. The van der Waals surface area contributed by atoms with Gasteiger partial charge in [-0.3, -0.25) is 9.59 Å². The molecule has 0 saturated carbocycles. The third kappa shape index (κ3) is 6.48. The standard InChI is InChI=1S/C20H28Cl2O4/c1-4-7-8-9-10-11-25-18(23)20(5-2,6-3)19(24)26-17-13-15(21)12-16(22)14-17/h12-14H,4-11H2,1-3H3. The van der Waals surface area contributed by atoms with Crippen molar-refractivity contribution in [3.05, 3.63) is 28.2 Å². The molecule has 1 aromatic rings. The van der Waals surface area contributed by atoms with Crippen molar-refractivity contribution in [2.45, 2.75) is 65.7 Å². The molecule has 0 radical (unpaired) electrons. The van der Waals surface area contributed by atoms with Crippen LogP contribution in [0.5, 0.6) is 5.75 Å². The highest BCUT2D eigenvalue weighted by molar-refractivity contribution is 6.34. The molecule has 0 amide bonds. The monoisotopic (exact) mass is 402 g/mol. The summed E-state index contributed by atoms with van der Waals surface area (Å²) in [6.45, 7) is 6.02. The quantitative estimate of drug-likeness (QED) is 0.191. The van der Waals surface area contributed by atoms with Crippen molar-refractivity contribution >= 4 is 35.1 Å². The minimum Gasteiger partial charge on any atom is -0.465 e. The highest BCUT2D eigenvalue weighted by Gasteiger charge is 2.46. The van der Waals surface area contributed by atoms with Crippen LogP contribution in [-0.4, -0.2) is 18.5 Å². The predicted octanol–water partition coefficient (Wildman–Crippen LogP) is 6.22. The van der Waals surface area contributed by atoms with Crippen LogP contribution in [0.25, 0.3) is 0 Å². The van der Waals surface area contributed by atoms with Crippen LogP contribution in [0.2, 0.25) is 10.0 Å². The van der Waals surface area contributed by atoms with Crippen LogP contribution >= 0.6 is 23.2 Å². The van der Waals surface area contributed by atoms with Gasteiger partial charge in [-0.2, -0.15) is 0 Å². The van der Waals surface area contributed by atoms with Gasteiger partial charge in [-0.15, -0.1) is 0 Å². The SMILES string of the molecule is CCCCCCCOC(=O)C(CC)(CC)C(=O)Oc1cc(Cl)cc(Cl)c1. The van der Waals surface area contributed by atoms with E-state index in [0.29, 0.717) is 29.5 Å². The summed E-state index contributed by atoms with van der Waals surface area (Å²) in [5.74, 6) is -0.959. The van der Waals surface area contributed by atoms with Crippen molar-refractivity contribution in [1.29, 1.82) is 0 Å². The molecule has 4 nitrogen and oxygen atoms in total. The van der Waals surface area contributed by atoms with E-state index >= 15 is 0 Å². The van der Waals surface area contributed by atoms with Gasteiger partial charge in [0, 0.05) is 10.0 Å². The summed E-state index contributed by atoms with van der Waals surface area (Å²) >= 11 is 11.9. The van der Waals surface area contributed by atoms with E-state index in [1.807, 2.05) is 0 Å². The molecular weight excluding hydrogens is 375 g/mol. The fraction of sp³-hybridized carbons (Fsp3) is 0.600. The molecule has 0 aliphatic heterocycles. The predicted molar refractivity (Wildman–Crippen MR) is 105 cm³/mol. The molecular formula is C20H28Cl2O4. The highest BCUT2D eigenvalue weighted by Crippen LogP contribution is 2.32. The number of carbonyl (C=O) groups is 2. The van der Waals surface area contributed by atoms with E-state index < -0.39 is 17.4 Å². The Balaban J connectivity index is 2.73. The number of unbranched alkanes of at least 4 members (excludes halogenated alkanes) is 4. The van der Waals surface area contributed by atoms with E-state index in [9.17, 15) is 9.59 Å². The number of esters is 2. The zero-order chi connectivity index (χ0) is 19.6. The highest BCUT2D eigenvalue weighted by atomic mass is 35.5. The Kier molecular flexibility index (Phi) is 10.0. The first kappa shape index (κ1) is 22.8. The maximum atomic E-state index is 12.7. The molecule has 0 aliphatic carbocycles. The van der Waals surface area contributed by atoms with Crippen molar-refractivity contribution in [2.75, 3.05) is 6.61 Å². The number of rotatable bonds is 11. The summed E-state index contributed by atoms with van der Waals surface area (Å²) in [5, 5.41) is 0.710. The number of hydrogen-bond donors (Lipinski definition) is 0. The lowest BCUT2D eigenvalue weighted by atomic mass is 9.82. The topological polar surface area (TPSA) is 52.6 Å². The fourth-order valence-corrected chi connectivity index (χ4v) is 3.22. The molecule has 146 valence electrons. The molecule has 6 heteroatoms. The molecule has 1 rings (SSSR count). The Morgan fingerprint density at radius 1 is 0.885 bits per heavy atom. The maximum Gasteiger partial charge on any atom is 0.328 e. The molecule has 0 aliphatic rings. The van der Waals surface area contributed by atoms with E-state index in [4.69, 9.17) is 32.7 Å². The molecule has 0 fully saturated rings. The second kappa shape index (κ2) is 11.5. The van der Waals surface area contributed by atoms with Gasteiger partial charge in [-0.1, -0.05) is 69.7 Å². The van der Waals surface area contributed by atoms with Crippen LogP contribution in [0.15, 0.2) is 18.2 Å². The number of hydrogen-bond acceptors (Lipinski definition) is 4. The normalized spacial score (nSPS) is 11.3. The van der Waals surface area contributed by atoms with Gasteiger partial charge in [-0.25, -0.2) is 0 Å². The van der Waals surface area contributed by atoms with Gasteiger partial charge in [0.25, 0.3) is 0 Å². The van der Waals surface area contributed by atoms with E-state index in [2.05, 4.69) is 6.92 Å². The summed E-state index contributed by atoms with van der Waals surface area (Å²) in [6.07, 6.45) is 5.87. The van der Waals surface area contributed by atoms with Crippen LogP contribution < -0.4 is 4.74 Å². The summed E-state index contributed by atoms with van der Waals surface area (Å²) in [7, 11) is 0. The lowest BCUT2D eigenvalue weighted by molar-refractivity contribution is -0.168. The second-order valence-corrected chi connectivity index (χ2v) is 7.21. The van der Waals surface area contributed by atoms with Gasteiger partial charge in [0.2, 0.25) is 0 Å². The van der Waals surface area contributed by atoms with E-state index in [1.165, 1.54) is 18.6 Å². The van der Waals surface area contributed by atoms with Crippen molar-refractivity contribution in [3.8, 4) is 5.75 Å². The number of halogens is 2. The third-order valence-corrected chi connectivity index (χ3v) is 4.95. The van der Waals surface area contributed by atoms with Gasteiger partial charge in [-0.05, 0) is 37.5 Å². The van der Waals surface area contributed by atoms with Gasteiger partial charge < -0.3 is 9.47 Å². The molecule has 0 N–H and O–H groups in total. The Morgan fingerprint density at radius 3 is 2.00 bits per heavy atom. The van der Waals surface area contributed by atoms with Crippen LogP contribution in [0, 0.1) is 5.41 Å². The molecule has 0 bridgehead atoms. The summed E-state index contributed by atoms with van der Waals surface area (Å²) in [6, 6.07) is 4.51. The van der Waals surface area contributed by atoms with Crippen LogP contribution in [0.4, 0.5) is 0 Å². The lowest BCUT2D eigenvalue weighted by Gasteiger charge is -2.26. The lowest BCUT2D eigenvalue weighted by Crippen LogP contribution is -2.42. The number of benzene rings is 1. The molecule has 0 unspecified atom stereocenters. The second-order valence-electron chi connectivity index (χ2n) is 6.33. The van der Waals surface area contributed by atoms with Crippen LogP contribution in [0.1, 0.15) is 65.7 Å². The van der Waals surface area contributed by atoms with Crippen LogP contribution in [-0.2, 0) is 14.3 Å². The van der Waals surface area contributed by atoms with Gasteiger partial charge >= 0.3 is 11.9 Å². The molecule has 0 aromatic heterocycles. The van der Waals surface area contributed by atoms with E-state index in [0.717, 1.165) is 25.7 Å². The average molecular weight is 403 g/mol. The summed E-state index contributed by atoms with van der Waals surface area (Å²) in [4.78, 5) is 25.3. The summed E-state index contributed by atoms with van der Waals surface area (Å²) in [5.41, 5.74) is -1.32. The Morgan fingerprint density at radius 2 is 1.46 bits per heavy atom. The van der Waals surface area contributed by atoms with Crippen molar-refractivity contribution in [1.82, 2.24) is 0 Å². The van der Waals surface area contributed by atoms with Crippen molar-refractivity contribution in [2.24, 2.45) is 5.41 Å². The van der Waals surface area contributed by atoms with Gasteiger partial charge in [0.15, 0.2) is 5.41 Å². The minimum atomic E-state index is -1.32. The molecule has 0 atom stereocenters. The first-order valence-electron chi connectivity index (χ1n) is 9.25. The molecule has 1 aromatic carbocycles.